The van der Waals surface area contributed by atoms with E-state index < -0.39 is 10.9 Å². The van der Waals surface area contributed by atoms with Gasteiger partial charge in [0, 0.05) is 0 Å². The number of aryl methyl sites for hydroxylation is 4. The second kappa shape index (κ2) is 8.00. The molecule has 0 aliphatic heterocycles. The van der Waals surface area contributed by atoms with E-state index in [1.165, 1.54) is 12.1 Å². The summed E-state index contributed by atoms with van der Waals surface area (Å²) in [7, 11) is 0. The Kier molecular flexibility index (Phi) is 5.49. The third-order valence-electron chi connectivity index (χ3n) is 4.42. The molecule has 0 aliphatic carbocycles. The maximum absolute atomic E-state index is 12.6. The monoisotopic (exact) mass is 374 g/mol. The lowest BCUT2D eigenvalue weighted by Gasteiger charge is -2.05. The van der Waals surface area contributed by atoms with Crippen molar-refractivity contribution in [3.8, 4) is 0 Å². The van der Waals surface area contributed by atoms with Gasteiger partial charge in [-0.2, -0.15) is 10.2 Å². The van der Waals surface area contributed by atoms with Crippen molar-refractivity contribution < 1.29 is 0 Å². The van der Waals surface area contributed by atoms with Gasteiger partial charge in [-0.25, -0.2) is 0 Å². The molecule has 6 heteroatoms. The summed E-state index contributed by atoms with van der Waals surface area (Å²) in [6, 6.07) is 14.4. The second-order valence-electron chi connectivity index (χ2n) is 6.84. The molecule has 28 heavy (non-hydrogen) atoms. The molecule has 142 valence electrons. The molecule has 0 aromatic heterocycles. The summed E-state index contributed by atoms with van der Waals surface area (Å²) in [5.74, 6) is 0. The van der Waals surface area contributed by atoms with E-state index in [9.17, 15) is 9.59 Å². The minimum absolute atomic E-state index is 0.126. The molecule has 3 aromatic rings. The molecule has 0 amide bonds. The molecule has 0 unspecified atom stereocenters. The van der Waals surface area contributed by atoms with Crippen LogP contribution in [-0.4, -0.2) is 0 Å². The average molecular weight is 374 g/mol. The van der Waals surface area contributed by atoms with Gasteiger partial charge in [0.25, 0.3) is 0 Å². The minimum Gasteiger partial charge on any atom is -0.287 e. The van der Waals surface area contributed by atoms with Crippen LogP contribution in [0.4, 0.5) is 11.4 Å². The molecule has 0 bridgehead atoms. The number of nitrogens with zero attached hydrogens (tertiary/aromatic N) is 2. The van der Waals surface area contributed by atoms with E-state index in [2.05, 4.69) is 21.1 Å². The Morgan fingerprint density at radius 2 is 1.21 bits per heavy atom. The van der Waals surface area contributed by atoms with E-state index in [1.54, 1.807) is 0 Å². The number of hydrogen-bond acceptors (Lipinski definition) is 6. The van der Waals surface area contributed by atoms with Crippen molar-refractivity contribution in [3.63, 3.8) is 0 Å². The molecule has 6 nitrogen and oxygen atoms in total. The molecule has 3 aromatic carbocycles. The molecule has 0 spiro atoms. The summed E-state index contributed by atoms with van der Waals surface area (Å²) in [6.45, 7) is 7.89. The Bertz CT molecular complexity index is 1250. The van der Waals surface area contributed by atoms with E-state index in [0.717, 1.165) is 33.6 Å². The molecule has 3 rings (SSSR count). The van der Waals surface area contributed by atoms with E-state index in [4.69, 9.17) is 0 Å². The lowest BCUT2D eigenvalue weighted by atomic mass is 10.1. The molecule has 0 aliphatic rings. The molecular weight excluding hydrogens is 352 g/mol. The first-order chi connectivity index (χ1) is 13.3. The van der Waals surface area contributed by atoms with E-state index in [1.807, 2.05) is 64.1 Å². The first-order valence-corrected chi connectivity index (χ1v) is 8.94. The number of hydrogen-bond donors (Lipinski definition) is 2. The summed E-state index contributed by atoms with van der Waals surface area (Å²) >= 11 is 0. The molecule has 0 heterocycles. The highest BCUT2D eigenvalue weighted by Crippen LogP contribution is 2.16. The van der Waals surface area contributed by atoms with Gasteiger partial charge < -0.3 is 0 Å². The highest BCUT2D eigenvalue weighted by atomic mass is 16.1. The molecule has 0 atom stereocenters. The van der Waals surface area contributed by atoms with Crippen molar-refractivity contribution in [2.24, 2.45) is 10.2 Å². The van der Waals surface area contributed by atoms with Gasteiger partial charge in [-0.05, 0) is 63.1 Å². The van der Waals surface area contributed by atoms with Crippen LogP contribution < -0.4 is 32.4 Å². The Morgan fingerprint density at radius 1 is 0.679 bits per heavy atom. The van der Waals surface area contributed by atoms with Crippen molar-refractivity contribution >= 4 is 11.4 Å². The van der Waals surface area contributed by atoms with Crippen molar-refractivity contribution in [2.45, 2.75) is 27.7 Å². The third kappa shape index (κ3) is 4.23. The normalized spacial score (nSPS) is 12.3. The summed E-state index contributed by atoms with van der Waals surface area (Å²) in [5, 5.41) is 8.15. The van der Waals surface area contributed by atoms with Gasteiger partial charge in [0.05, 0.1) is 11.4 Å². The highest BCUT2D eigenvalue weighted by Gasteiger charge is 2.03. The van der Waals surface area contributed by atoms with Crippen LogP contribution in [0.25, 0.3) is 0 Å². The highest BCUT2D eigenvalue weighted by molar-refractivity contribution is 5.52. The van der Waals surface area contributed by atoms with Gasteiger partial charge in [0.1, 0.15) is 5.36 Å². The topological polar surface area (TPSA) is 82.9 Å². The molecule has 2 N–H and O–H groups in total. The summed E-state index contributed by atoms with van der Waals surface area (Å²) in [5.41, 5.74) is 10.5. The third-order valence-corrected chi connectivity index (χ3v) is 4.42. The molecule has 0 saturated carbocycles. The average Bonchev–Trinajstić information content (AvgIpc) is 2.63. The number of benzene rings is 3. The van der Waals surface area contributed by atoms with Gasteiger partial charge in [0.2, 0.25) is 10.9 Å². The first kappa shape index (κ1) is 19.2. The van der Waals surface area contributed by atoms with Crippen LogP contribution >= 0.6 is 0 Å². The van der Waals surface area contributed by atoms with Crippen molar-refractivity contribution in [1.82, 2.24) is 0 Å². The van der Waals surface area contributed by atoms with Crippen LogP contribution in [0.5, 0.6) is 0 Å². The Balaban J connectivity index is 1.97. The Labute approximate surface area is 162 Å². The van der Waals surface area contributed by atoms with Crippen LogP contribution in [0.2, 0.25) is 0 Å². The van der Waals surface area contributed by atoms with Gasteiger partial charge in [0.15, 0.2) is 5.36 Å². The van der Waals surface area contributed by atoms with Crippen LogP contribution in [0, 0.1) is 27.7 Å². The number of rotatable bonds is 4. The van der Waals surface area contributed by atoms with Crippen LogP contribution in [0.1, 0.15) is 22.3 Å². The molecule has 0 radical (unpaired) electrons. The molecule has 0 saturated heterocycles. The smallest absolute Gasteiger partial charge is 0.237 e. The fraction of sp³-hybridized carbons (Fsp3) is 0.182. The van der Waals surface area contributed by atoms with Gasteiger partial charge in [-0.3, -0.25) is 20.4 Å². The van der Waals surface area contributed by atoms with Crippen LogP contribution in [-0.2, 0) is 0 Å². The zero-order valence-corrected chi connectivity index (χ0v) is 16.3. The standard InChI is InChI=1S/C22H22N4O2/c1-13-5-7-17(15(3)11-13)23-25-19-9-10-20(27)21(22(19)28)26-24-18-8-6-14(2)12-16(18)4/h5-12,23-24H,1-4H3. The lowest BCUT2D eigenvalue weighted by Crippen LogP contribution is -2.48. The summed E-state index contributed by atoms with van der Waals surface area (Å²) < 4.78 is 0. The Hall–Kier alpha value is -3.54. The minimum atomic E-state index is -0.526. The quantitative estimate of drug-likeness (QED) is 0.687. The fourth-order valence-electron chi connectivity index (χ4n) is 2.85. The Morgan fingerprint density at radius 3 is 1.75 bits per heavy atom. The van der Waals surface area contributed by atoms with Gasteiger partial charge >= 0.3 is 0 Å². The van der Waals surface area contributed by atoms with Crippen molar-refractivity contribution in [1.29, 1.82) is 0 Å². The SMILES string of the molecule is Cc1ccc(NN=c2ccc(=O)c(=NNc3ccc(C)cc3C)c2=O)c(C)c1. The van der Waals surface area contributed by atoms with Crippen LogP contribution in [0.15, 0.2) is 68.3 Å². The largest absolute Gasteiger partial charge is 0.287 e. The number of nitrogens with one attached hydrogen (secondary N) is 2. The number of anilines is 2. The van der Waals surface area contributed by atoms with E-state index in [0.29, 0.717) is 0 Å². The maximum Gasteiger partial charge on any atom is 0.237 e. The van der Waals surface area contributed by atoms with Gasteiger partial charge in [-0.1, -0.05) is 35.4 Å². The predicted molar refractivity (Wildman–Crippen MR) is 112 cm³/mol. The van der Waals surface area contributed by atoms with Gasteiger partial charge in [-0.15, -0.1) is 0 Å². The molecular formula is C22H22N4O2. The summed E-state index contributed by atoms with van der Waals surface area (Å²) in [4.78, 5) is 24.8. The first-order valence-electron chi connectivity index (χ1n) is 8.94. The predicted octanol–water partition coefficient (Wildman–Crippen LogP) is 2.37. The second-order valence-corrected chi connectivity index (χ2v) is 6.84. The van der Waals surface area contributed by atoms with Crippen molar-refractivity contribution in [2.75, 3.05) is 10.9 Å². The van der Waals surface area contributed by atoms with Crippen molar-refractivity contribution in [3.05, 3.63) is 102 Å². The van der Waals surface area contributed by atoms with E-state index >= 15 is 0 Å². The zero-order chi connectivity index (χ0) is 20.3. The summed E-state index contributed by atoms with van der Waals surface area (Å²) in [6.07, 6.45) is 0. The fourth-order valence-corrected chi connectivity index (χ4v) is 2.85. The molecule has 0 fully saturated rings. The van der Waals surface area contributed by atoms with Crippen LogP contribution in [0.3, 0.4) is 0 Å². The zero-order valence-electron chi connectivity index (χ0n) is 16.3. The van der Waals surface area contributed by atoms with E-state index in [-0.39, 0.29) is 10.7 Å². The lowest BCUT2D eigenvalue weighted by molar-refractivity contribution is 1.10. The maximum atomic E-state index is 12.6.